The van der Waals surface area contributed by atoms with Gasteiger partial charge in [-0.3, -0.25) is 41.9 Å². The maximum Gasteiger partial charge on any atom is 0.762 e. The number of halogens is 3. The minimum Gasteiger partial charge on any atom is -0.508 e. The number of carbonyl (C=O) groups is 2. The molecule has 0 aliphatic heterocycles. The molecular formula is C53H48BF3N8O4S. The first-order chi connectivity index (χ1) is 33.6. The van der Waals surface area contributed by atoms with Gasteiger partial charge in [0.25, 0.3) is 0 Å². The summed E-state index contributed by atoms with van der Waals surface area (Å²) < 4.78 is 37.8. The fourth-order valence-corrected chi connectivity index (χ4v) is 7.38. The Hall–Kier alpha value is -8.28. The number of pyridine rings is 2. The molecule has 70 heavy (non-hydrogen) atoms. The number of rotatable bonds is 11. The Bertz CT molecular complexity index is 3180. The molecule has 4 heterocycles. The van der Waals surface area contributed by atoms with Gasteiger partial charge >= 0.3 is 7.54 Å². The summed E-state index contributed by atoms with van der Waals surface area (Å²) in [5, 5.41) is 37.5. The van der Waals surface area contributed by atoms with E-state index in [4.69, 9.17) is 4.74 Å². The van der Waals surface area contributed by atoms with Crippen molar-refractivity contribution in [2.75, 3.05) is 19.6 Å². The Balaban J connectivity index is 0.000000230. The Labute approximate surface area is 409 Å². The van der Waals surface area contributed by atoms with Crippen LogP contribution in [0.15, 0.2) is 134 Å². The van der Waals surface area contributed by atoms with Gasteiger partial charge in [-0.2, -0.15) is 32.5 Å². The molecule has 12 nitrogen and oxygen atoms in total. The summed E-state index contributed by atoms with van der Waals surface area (Å²) in [5.41, 5.74) is 13.2. The molecular weight excluding hydrogens is 913 g/mol. The zero-order valence-electron chi connectivity index (χ0n) is 39.5. The highest BCUT2D eigenvalue weighted by Gasteiger charge is 2.19. The maximum atomic E-state index is 11.8. The fourth-order valence-electron chi connectivity index (χ4n) is 7.38. The number of carbonyl (C=O) groups excluding carboxylic acids is 2. The lowest BCUT2D eigenvalue weighted by atomic mass is 9.98. The van der Waals surface area contributed by atoms with Gasteiger partial charge in [0, 0.05) is 56.9 Å². The number of hydrogen-bond acceptors (Lipinski definition) is 11. The lowest BCUT2D eigenvalue weighted by molar-refractivity contribution is 0.100. The molecule has 0 fully saturated rings. The normalized spacial score (nSPS) is 10.2. The van der Waals surface area contributed by atoms with E-state index in [0.717, 1.165) is 84.2 Å². The lowest BCUT2D eigenvalue weighted by Crippen LogP contribution is -2.01. The summed E-state index contributed by atoms with van der Waals surface area (Å²) in [6, 6.07) is 38.1. The van der Waals surface area contributed by atoms with Crippen molar-refractivity contribution in [1.29, 1.82) is 10.5 Å². The van der Waals surface area contributed by atoms with Crippen molar-refractivity contribution >= 4 is 30.9 Å². The van der Waals surface area contributed by atoms with E-state index in [0.29, 0.717) is 11.1 Å². The van der Waals surface area contributed by atoms with Crippen LogP contribution in [0.2, 0.25) is 0 Å². The third-order valence-electron chi connectivity index (χ3n) is 10.3. The third-order valence-corrected chi connectivity index (χ3v) is 10.3. The lowest BCUT2D eigenvalue weighted by Gasteiger charge is -2.12. The number of phenolic OH excluding ortho intramolecular Hbond substituents is 1. The Kier molecular flexibility index (Phi) is 19.0. The number of hydrogen-bond donors (Lipinski definition) is 1. The van der Waals surface area contributed by atoms with Gasteiger partial charge < -0.3 is 9.84 Å². The van der Waals surface area contributed by atoms with Gasteiger partial charge in [0.15, 0.2) is 11.6 Å². The second-order valence-electron chi connectivity index (χ2n) is 15.5. The molecule has 0 radical (unpaired) electrons. The summed E-state index contributed by atoms with van der Waals surface area (Å²) in [5.74, 6) is 0.906. The van der Waals surface area contributed by atoms with Gasteiger partial charge in [-0.25, -0.2) is 0 Å². The van der Waals surface area contributed by atoms with Crippen molar-refractivity contribution in [3.05, 3.63) is 156 Å². The Morgan fingerprint density at radius 3 is 1.47 bits per heavy atom. The highest BCUT2D eigenvalue weighted by molar-refractivity contribution is 7.97. The minimum absolute atomic E-state index is 0.00248. The molecule has 0 spiro atoms. The fraction of sp³-hybridized carbons (Fsp3) is 0.170. The number of aromatic hydroxyl groups is 1. The number of nitrogens with zero attached hydrogens (tertiary/aromatic N) is 8. The van der Waals surface area contributed by atoms with Gasteiger partial charge in [-0.1, -0.05) is 36.4 Å². The number of ketones is 2. The number of aromatic nitrogens is 6. The van der Waals surface area contributed by atoms with Gasteiger partial charge in [0.1, 0.15) is 24.6 Å². The molecule has 0 atom stereocenters. The molecule has 4 aromatic heterocycles. The van der Waals surface area contributed by atoms with Gasteiger partial charge in [0.05, 0.1) is 54.4 Å². The largest absolute Gasteiger partial charge is 0.762 e. The first-order valence-corrected chi connectivity index (χ1v) is 23.0. The monoisotopic (exact) mass is 960 g/mol. The van der Waals surface area contributed by atoms with Gasteiger partial charge in [0.2, 0.25) is 0 Å². The molecule has 0 aliphatic carbocycles. The quantitative estimate of drug-likeness (QED) is 0.0965. The molecule has 4 aromatic carbocycles. The van der Waals surface area contributed by atoms with Crippen LogP contribution in [-0.4, -0.2) is 73.4 Å². The SMILES string of the molecule is CC(=O)c1cccc(-c2cc(-c3cnn(CC#N)c3-c3cc(C)cc(O)c3)ccn2)c1.COc1cc(C)cc(-c2c(-c3ccnc(-c4cccc(C(C)=O)c4)c3)cnn2CC#N)c1.CSC.FB(F)F. The zero-order valence-corrected chi connectivity index (χ0v) is 40.3. The van der Waals surface area contributed by atoms with E-state index in [-0.39, 0.29) is 30.4 Å². The number of nitriles is 2. The van der Waals surface area contributed by atoms with E-state index in [9.17, 15) is 38.2 Å². The number of methoxy groups -OCH3 is 1. The van der Waals surface area contributed by atoms with Crippen LogP contribution in [0.25, 0.3) is 67.3 Å². The predicted octanol–water partition coefficient (Wildman–Crippen LogP) is 12.2. The van der Waals surface area contributed by atoms with Crippen molar-refractivity contribution in [1.82, 2.24) is 29.5 Å². The Morgan fingerprint density at radius 1 is 0.643 bits per heavy atom. The summed E-state index contributed by atoms with van der Waals surface area (Å²) in [7, 11) is -2.03. The molecule has 8 aromatic rings. The summed E-state index contributed by atoms with van der Waals surface area (Å²) in [6.07, 6.45) is 11.0. The van der Waals surface area contributed by atoms with Crippen LogP contribution >= 0.6 is 11.8 Å². The van der Waals surface area contributed by atoms with Crippen LogP contribution in [0.5, 0.6) is 11.5 Å². The minimum atomic E-state index is -3.67. The summed E-state index contributed by atoms with van der Waals surface area (Å²) in [4.78, 5) is 32.5. The topological polar surface area (TPSA) is 173 Å². The van der Waals surface area contributed by atoms with Crippen LogP contribution in [0.1, 0.15) is 45.7 Å². The van der Waals surface area contributed by atoms with Gasteiger partial charge in [-0.15, -0.1) is 0 Å². The molecule has 0 unspecified atom stereocenters. The van der Waals surface area contributed by atoms with Crippen molar-refractivity contribution in [2.24, 2.45) is 0 Å². The van der Waals surface area contributed by atoms with Crippen molar-refractivity contribution in [2.45, 2.75) is 40.8 Å². The van der Waals surface area contributed by atoms with E-state index in [1.165, 1.54) is 6.92 Å². The average molecular weight is 961 g/mol. The van der Waals surface area contributed by atoms with Gasteiger partial charge in [-0.05, 0) is 135 Å². The second kappa shape index (κ2) is 25.2. The van der Waals surface area contributed by atoms with Crippen LogP contribution in [-0.2, 0) is 13.1 Å². The number of thioether (sulfide) groups is 1. The molecule has 0 bridgehead atoms. The van der Waals surface area contributed by atoms with E-state index in [1.54, 1.807) is 84.2 Å². The third kappa shape index (κ3) is 13.9. The molecule has 0 aliphatic rings. The predicted molar refractivity (Wildman–Crippen MR) is 270 cm³/mol. The highest BCUT2D eigenvalue weighted by atomic mass is 32.2. The average Bonchev–Trinajstić information content (AvgIpc) is 3.96. The zero-order chi connectivity index (χ0) is 50.9. The van der Waals surface area contributed by atoms with Crippen LogP contribution in [0.3, 0.4) is 0 Å². The molecule has 354 valence electrons. The van der Waals surface area contributed by atoms with E-state index < -0.39 is 7.54 Å². The van der Waals surface area contributed by atoms with E-state index in [2.05, 4.69) is 38.4 Å². The number of benzene rings is 4. The van der Waals surface area contributed by atoms with Crippen LogP contribution in [0, 0.1) is 36.5 Å². The molecule has 0 saturated heterocycles. The standard InChI is InChI=1S/C26H22N4O2.C25H20N4O2.C2H6S.BF3/c1-17-11-22(14-23(12-17)32-3)26-24(16-29-30(26)10-8-27)20-7-9-28-25(15-20)21-6-4-5-19(13-21)18(2)31;1-16-10-21(13-22(31)11-16)25-23(15-28-29(25)9-7-26)19-6-8-27-24(14-19)20-5-3-4-18(12-20)17(2)30;1-3-2;2-1(3)4/h4-7,9,11-16H,10H2,1-3H3;3-6,8,10-15,31H,9H2,1-2H3;1-2H3;. The number of aryl methyl sites for hydroxylation is 2. The first-order valence-electron chi connectivity index (χ1n) is 21.4. The summed E-state index contributed by atoms with van der Waals surface area (Å²) >= 11 is 1.75. The molecule has 0 saturated carbocycles. The molecule has 1 N–H and O–H groups in total. The molecule has 0 amide bonds. The van der Waals surface area contributed by atoms with Crippen LogP contribution in [0.4, 0.5) is 12.9 Å². The molecule has 8 rings (SSSR count). The maximum absolute atomic E-state index is 11.8. The van der Waals surface area contributed by atoms with Crippen molar-refractivity contribution in [3.8, 4) is 90.9 Å². The number of phenols is 1. The second-order valence-corrected chi connectivity index (χ2v) is 16.3. The summed E-state index contributed by atoms with van der Waals surface area (Å²) in [6.45, 7) is 7.21. The first kappa shape index (κ1) is 52.7. The van der Waals surface area contributed by atoms with Crippen molar-refractivity contribution < 1.29 is 32.4 Å². The van der Waals surface area contributed by atoms with E-state index >= 15 is 0 Å². The number of ether oxygens (including phenoxy) is 1. The smallest absolute Gasteiger partial charge is 0.508 e. The van der Waals surface area contributed by atoms with E-state index in [1.807, 2.05) is 105 Å². The van der Waals surface area contributed by atoms with Crippen molar-refractivity contribution in [3.63, 3.8) is 0 Å². The Morgan fingerprint density at radius 2 is 1.07 bits per heavy atom. The number of Topliss-reactive ketones (excluding diaryl/α,β-unsaturated/α-hetero) is 2. The van der Waals surface area contributed by atoms with Crippen LogP contribution < -0.4 is 4.74 Å². The highest BCUT2D eigenvalue weighted by Crippen LogP contribution is 2.37. The molecule has 17 heteroatoms.